The van der Waals surface area contributed by atoms with Gasteiger partial charge in [-0.2, -0.15) is 0 Å². The Morgan fingerprint density at radius 2 is 1.74 bits per heavy atom. The molecule has 6 nitrogen and oxygen atoms in total. The average Bonchev–Trinajstić information content (AvgIpc) is 3.44. The normalized spacial score (nSPS) is 12.9. The molecule has 2 heterocycles. The minimum Gasteiger partial charge on any atom is -0.483 e. The summed E-state index contributed by atoms with van der Waals surface area (Å²) >= 11 is 0. The molecule has 0 aliphatic carbocycles. The first-order chi connectivity index (χ1) is 15.1. The molecule has 31 heavy (non-hydrogen) atoms. The molecule has 4 rings (SSSR count). The number of rotatable bonds is 6. The molecule has 1 amide bonds. The maximum Gasteiger partial charge on any atom is 0.290 e. The van der Waals surface area contributed by atoms with E-state index in [-0.39, 0.29) is 12.4 Å². The second-order valence-electron chi connectivity index (χ2n) is 7.58. The van der Waals surface area contributed by atoms with Crippen LogP contribution in [0.25, 0.3) is 11.5 Å². The van der Waals surface area contributed by atoms with E-state index < -0.39 is 0 Å². The Hall–Kier alpha value is -3.41. The van der Waals surface area contributed by atoms with Crippen LogP contribution in [0, 0.1) is 6.92 Å². The van der Waals surface area contributed by atoms with Gasteiger partial charge in [-0.3, -0.25) is 9.59 Å². The number of carboxylic acid groups (broad SMARTS) is 1. The summed E-state index contributed by atoms with van der Waals surface area (Å²) in [4.78, 5) is 27.4. The lowest BCUT2D eigenvalue weighted by atomic mass is 10.0. The number of carbonyl (C=O) groups excluding carboxylic acids is 1. The van der Waals surface area contributed by atoms with Crippen LogP contribution in [0.1, 0.15) is 35.4 Å². The predicted molar refractivity (Wildman–Crippen MR) is 119 cm³/mol. The van der Waals surface area contributed by atoms with Gasteiger partial charge in [0, 0.05) is 18.7 Å². The van der Waals surface area contributed by atoms with Gasteiger partial charge in [0.15, 0.2) is 0 Å². The Balaban J connectivity index is 0.000000858. The molecule has 0 unspecified atom stereocenters. The number of amides is 1. The van der Waals surface area contributed by atoms with Crippen LogP contribution in [0.2, 0.25) is 0 Å². The minimum absolute atomic E-state index is 0.245. The van der Waals surface area contributed by atoms with Gasteiger partial charge in [-0.1, -0.05) is 42.5 Å². The lowest BCUT2D eigenvalue weighted by Crippen LogP contribution is -2.29. The second-order valence-corrected chi connectivity index (χ2v) is 7.58. The van der Waals surface area contributed by atoms with Crippen molar-refractivity contribution in [1.29, 1.82) is 0 Å². The van der Waals surface area contributed by atoms with Gasteiger partial charge >= 0.3 is 0 Å². The zero-order valence-corrected chi connectivity index (χ0v) is 17.8. The van der Waals surface area contributed by atoms with E-state index in [1.54, 1.807) is 0 Å². The summed E-state index contributed by atoms with van der Waals surface area (Å²) in [7, 11) is 0. The molecule has 162 valence electrons. The molecule has 0 bridgehead atoms. The van der Waals surface area contributed by atoms with Crippen molar-refractivity contribution in [2.45, 2.75) is 39.0 Å². The summed E-state index contributed by atoms with van der Waals surface area (Å²) in [5, 5.41) is 6.89. The molecule has 1 aromatic heterocycles. The molecule has 1 aliphatic heterocycles. The summed E-state index contributed by atoms with van der Waals surface area (Å²) < 4.78 is 5.86. The minimum atomic E-state index is -0.250. The van der Waals surface area contributed by atoms with Gasteiger partial charge in [-0.05, 0) is 55.9 Å². The molecular formula is C25H28N2O4. The maximum absolute atomic E-state index is 12.4. The molecule has 3 aromatic rings. The number of hydrogen-bond donors (Lipinski definition) is 1. The van der Waals surface area contributed by atoms with Crippen molar-refractivity contribution in [3.05, 3.63) is 77.2 Å². The summed E-state index contributed by atoms with van der Waals surface area (Å²) in [6, 6.07) is 18.4. The van der Waals surface area contributed by atoms with Gasteiger partial charge in [0.05, 0.1) is 12.1 Å². The number of aromatic nitrogens is 1. The number of hydrogen-bond acceptors (Lipinski definition) is 4. The summed E-state index contributed by atoms with van der Waals surface area (Å²) in [5.41, 5.74) is 4.32. The Bertz CT molecular complexity index is 992. The van der Waals surface area contributed by atoms with Crippen LogP contribution in [0.5, 0.6) is 0 Å². The second kappa shape index (κ2) is 11.1. The Labute approximate surface area is 182 Å². The molecule has 6 heteroatoms. The van der Waals surface area contributed by atoms with Crippen molar-refractivity contribution >= 4 is 12.4 Å². The highest BCUT2D eigenvalue weighted by Gasteiger charge is 2.18. The highest BCUT2D eigenvalue weighted by molar-refractivity contribution is 5.79. The van der Waals surface area contributed by atoms with Crippen LogP contribution >= 0.6 is 0 Å². The van der Waals surface area contributed by atoms with Crippen molar-refractivity contribution in [2.24, 2.45) is 0 Å². The summed E-state index contributed by atoms with van der Waals surface area (Å²) in [6.45, 7) is 3.54. The van der Waals surface area contributed by atoms with E-state index in [0.29, 0.717) is 12.3 Å². The van der Waals surface area contributed by atoms with Crippen LogP contribution in [-0.2, 0) is 28.9 Å². The van der Waals surface area contributed by atoms with Crippen LogP contribution in [-0.4, -0.2) is 40.5 Å². The first-order valence-corrected chi connectivity index (χ1v) is 10.6. The molecule has 0 radical (unpaired) electrons. The van der Waals surface area contributed by atoms with E-state index in [0.717, 1.165) is 61.4 Å². The number of benzene rings is 2. The van der Waals surface area contributed by atoms with E-state index in [1.165, 1.54) is 5.56 Å². The van der Waals surface area contributed by atoms with Crippen molar-refractivity contribution in [3.63, 3.8) is 0 Å². The molecule has 0 atom stereocenters. The molecule has 1 N–H and O–H groups in total. The Morgan fingerprint density at radius 3 is 2.45 bits per heavy atom. The number of nitrogens with zero attached hydrogens (tertiary/aromatic N) is 2. The fraction of sp³-hybridized carbons (Fsp3) is 0.320. The first kappa shape index (κ1) is 22.3. The number of carbonyl (C=O) groups is 2. The van der Waals surface area contributed by atoms with Gasteiger partial charge in [-0.25, -0.2) is 4.98 Å². The fourth-order valence-electron chi connectivity index (χ4n) is 3.77. The van der Waals surface area contributed by atoms with E-state index in [9.17, 15) is 4.79 Å². The van der Waals surface area contributed by atoms with Crippen LogP contribution in [0.4, 0.5) is 0 Å². The number of oxazole rings is 1. The molecule has 1 fully saturated rings. The third kappa shape index (κ3) is 6.28. The van der Waals surface area contributed by atoms with Crippen LogP contribution in [0.3, 0.4) is 0 Å². The molecule has 0 spiro atoms. The van der Waals surface area contributed by atoms with Crippen molar-refractivity contribution < 1.29 is 19.1 Å². The molecule has 1 aliphatic rings. The zero-order chi connectivity index (χ0) is 22.1. The monoisotopic (exact) mass is 420 g/mol. The van der Waals surface area contributed by atoms with E-state index in [2.05, 4.69) is 12.1 Å². The van der Waals surface area contributed by atoms with E-state index in [4.69, 9.17) is 19.3 Å². The van der Waals surface area contributed by atoms with E-state index >= 15 is 0 Å². The van der Waals surface area contributed by atoms with Gasteiger partial charge in [0.25, 0.3) is 6.47 Å². The van der Waals surface area contributed by atoms with Gasteiger partial charge in [0.2, 0.25) is 11.8 Å². The number of likely N-dealkylation sites (tertiary alicyclic amines) is 1. The highest BCUT2D eigenvalue weighted by Crippen LogP contribution is 2.22. The molecule has 1 saturated heterocycles. The lowest BCUT2D eigenvalue weighted by Gasteiger charge is -2.15. The third-order valence-corrected chi connectivity index (χ3v) is 5.37. The van der Waals surface area contributed by atoms with Crippen molar-refractivity contribution in [1.82, 2.24) is 9.88 Å². The summed E-state index contributed by atoms with van der Waals surface area (Å²) in [6.07, 6.45) is 4.47. The van der Waals surface area contributed by atoms with Crippen LogP contribution < -0.4 is 0 Å². The summed E-state index contributed by atoms with van der Waals surface area (Å²) in [5.74, 6) is 1.80. The van der Waals surface area contributed by atoms with E-state index in [1.807, 2.05) is 54.3 Å². The molecule has 0 saturated carbocycles. The quantitative estimate of drug-likeness (QED) is 0.601. The Morgan fingerprint density at radius 1 is 1.06 bits per heavy atom. The third-order valence-electron chi connectivity index (χ3n) is 5.37. The van der Waals surface area contributed by atoms with Crippen LogP contribution in [0.15, 0.2) is 59.0 Å². The van der Waals surface area contributed by atoms with Crippen molar-refractivity contribution in [2.75, 3.05) is 13.1 Å². The predicted octanol–water partition coefficient (Wildman–Crippen LogP) is 4.30. The smallest absolute Gasteiger partial charge is 0.290 e. The molecule has 2 aromatic carbocycles. The van der Waals surface area contributed by atoms with Gasteiger partial charge in [-0.15, -0.1) is 0 Å². The topological polar surface area (TPSA) is 83.6 Å². The Kier molecular flexibility index (Phi) is 7.98. The fourth-order valence-corrected chi connectivity index (χ4v) is 3.77. The maximum atomic E-state index is 12.4. The molecular weight excluding hydrogens is 392 g/mol. The highest BCUT2D eigenvalue weighted by atomic mass is 16.4. The van der Waals surface area contributed by atoms with Crippen molar-refractivity contribution in [3.8, 4) is 11.5 Å². The first-order valence-electron chi connectivity index (χ1n) is 10.6. The standard InChI is InChI=1S/C24H26N2O2.CH2O2/c1-18-22(25-24(28-18)21-10-3-2-4-11-21)13-12-19-8-7-9-20(16-19)17-23(27)26-14-5-6-15-26;2-1-3/h2-4,7-11,16H,5-6,12-15,17H2,1H3;1H,(H,2,3). The number of aryl methyl sites for hydroxylation is 3. The van der Waals surface area contributed by atoms with Gasteiger partial charge in [0.1, 0.15) is 5.76 Å². The zero-order valence-electron chi connectivity index (χ0n) is 17.8. The average molecular weight is 421 g/mol. The lowest BCUT2D eigenvalue weighted by molar-refractivity contribution is -0.129. The van der Waals surface area contributed by atoms with Gasteiger partial charge < -0.3 is 14.4 Å². The largest absolute Gasteiger partial charge is 0.483 e. The SMILES string of the molecule is Cc1oc(-c2ccccc2)nc1CCc1cccc(CC(=O)N2CCCC2)c1.O=CO.